The molecule has 2 amide bonds. The Hall–Kier alpha value is -5.04. The number of nitrogens with zero attached hydrogens (tertiary/aromatic N) is 7. The van der Waals surface area contributed by atoms with E-state index in [1.165, 1.54) is 40.8 Å². The van der Waals surface area contributed by atoms with Crippen LogP contribution in [-0.2, 0) is 42.7 Å². The fraction of sp³-hybridized carbons (Fsp3) is 0.390. The third-order valence-corrected chi connectivity index (χ3v) is 12.0. The number of rotatable bonds is 8. The Labute approximate surface area is 319 Å². The lowest BCUT2D eigenvalue weighted by atomic mass is 9.93. The standard InChI is InChI=1S/C41H45ClN10O2/c1-25-4-3-5-34(42)37(25)46-38-33-20-43-41(47-39(33)49(2)48-38)44-31-8-6-27-14-15-50(22-29(27)18-31)21-26-12-16-51(17-13-26)32-9-7-28-23-52(24-30(28)19-32)35-10-11-36(53)45-40(35)54/h3-9,18-20,26,35H,10-17,21-24H2,1-2H3,(H,46,48)(H,43,44,47)(H,45,53,54). The van der Waals surface area contributed by atoms with E-state index in [2.05, 4.69) is 77.1 Å². The zero-order chi connectivity index (χ0) is 36.9. The van der Waals surface area contributed by atoms with E-state index in [4.69, 9.17) is 16.6 Å². The van der Waals surface area contributed by atoms with Crippen LogP contribution >= 0.6 is 11.6 Å². The molecule has 278 valence electrons. The maximum atomic E-state index is 12.5. The molecule has 6 heterocycles. The summed E-state index contributed by atoms with van der Waals surface area (Å²) in [5.74, 6) is 1.55. The summed E-state index contributed by atoms with van der Waals surface area (Å²) in [7, 11) is 1.88. The first-order chi connectivity index (χ1) is 26.2. The third kappa shape index (κ3) is 6.89. The van der Waals surface area contributed by atoms with Gasteiger partial charge in [-0.3, -0.25) is 24.7 Å². The Morgan fingerprint density at radius 1 is 0.889 bits per heavy atom. The summed E-state index contributed by atoms with van der Waals surface area (Å²) in [6.45, 7) is 8.78. The van der Waals surface area contributed by atoms with Gasteiger partial charge in [0.05, 0.1) is 22.1 Å². The van der Waals surface area contributed by atoms with E-state index in [1.54, 1.807) is 10.9 Å². The molecule has 12 nitrogen and oxygen atoms in total. The summed E-state index contributed by atoms with van der Waals surface area (Å²) in [5, 5.41) is 15.5. The van der Waals surface area contributed by atoms with Gasteiger partial charge < -0.3 is 15.5 Å². The molecule has 0 aliphatic carbocycles. The molecule has 9 rings (SSSR count). The maximum Gasteiger partial charge on any atom is 0.243 e. The van der Waals surface area contributed by atoms with Crippen molar-refractivity contribution in [2.45, 2.75) is 64.7 Å². The largest absolute Gasteiger partial charge is 0.372 e. The number of anilines is 5. The summed E-state index contributed by atoms with van der Waals surface area (Å²) in [6, 6.07) is 19.0. The van der Waals surface area contributed by atoms with E-state index in [-0.39, 0.29) is 17.9 Å². The minimum absolute atomic E-state index is 0.155. The quantitative estimate of drug-likeness (QED) is 0.158. The van der Waals surface area contributed by atoms with Gasteiger partial charge in [0.2, 0.25) is 17.8 Å². The number of carbonyl (C=O) groups is 2. The second-order valence-corrected chi connectivity index (χ2v) is 15.7. The van der Waals surface area contributed by atoms with Gasteiger partial charge in [-0.05, 0) is 96.7 Å². The first-order valence-corrected chi connectivity index (χ1v) is 19.4. The van der Waals surface area contributed by atoms with Crippen LogP contribution in [0.15, 0.2) is 60.8 Å². The number of para-hydroxylation sites is 1. The Morgan fingerprint density at radius 3 is 2.54 bits per heavy atom. The molecule has 4 aliphatic rings. The van der Waals surface area contributed by atoms with E-state index in [0.29, 0.717) is 35.5 Å². The monoisotopic (exact) mass is 744 g/mol. The Kier molecular flexibility index (Phi) is 9.20. The van der Waals surface area contributed by atoms with Gasteiger partial charge in [-0.1, -0.05) is 35.9 Å². The summed E-state index contributed by atoms with van der Waals surface area (Å²) >= 11 is 6.47. The van der Waals surface area contributed by atoms with E-state index in [0.717, 1.165) is 80.2 Å². The highest BCUT2D eigenvalue weighted by atomic mass is 35.5. The number of aromatic nitrogens is 4. The van der Waals surface area contributed by atoms with Crippen LogP contribution in [0, 0.1) is 12.8 Å². The van der Waals surface area contributed by atoms with Crippen molar-refractivity contribution in [3.05, 3.63) is 93.6 Å². The van der Waals surface area contributed by atoms with Gasteiger partial charge in [-0.15, -0.1) is 0 Å². The fourth-order valence-electron chi connectivity index (χ4n) is 8.67. The Morgan fingerprint density at radius 2 is 1.70 bits per heavy atom. The minimum Gasteiger partial charge on any atom is -0.372 e. The number of carbonyl (C=O) groups excluding carboxylic acids is 2. The highest BCUT2D eigenvalue weighted by Gasteiger charge is 2.35. The number of imide groups is 1. The number of hydrogen-bond acceptors (Lipinski definition) is 10. The zero-order valence-electron chi connectivity index (χ0n) is 30.7. The second kappa shape index (κ2) is 14.3. The van der Waals surface area contributed by atoms with E-state index in [9.17, 15) is 9.59 Å². The van der Waals surface area contributed by atoms with Crippen molar-refractivity contribution in [1.29, 1.82) is 0 Å². The molecule has 4 aliphatic heterocycles. The summed E-state index contributed by atoms with van der Waals surface area (Å²) in [5.41, 5.74) is 10.2. The van der Waals surface area contributed by atoms with Gasteiger partial charge in [0.25, 0.3) is 0 Å². The molecule has 1 atom stereocenters. The molecular weight excluding hydrogens is 700 g/mol. The predicted octanol–water partition coefficient (Wildman–Crippen LogP) is 6.21. The molecule has 2 fully saturated rings. The number of halogens is 1. The van der Waals surface area contributed by atoms with Crippen molar-refractivity contribution < 1.29 is 9.59 Å². The number of aryl methyl sites for hydroxylation is 2. The number of nitrogens with one attached hydrogen (secondary N) is 3. The SMILES string of the molecule is Cc1cccc(Cl)c1Nc1nn(C)c2nc(Nc3ccc4c(c3)CN(CC3CCN(c5ccc6c(c5)CN(C5CCC(=O)NC5=O)C6)CC3)CC4)ncc12. The van der Waals surface area contributed by atoms with Crippen LogP contribution in [0.2, 0.25) is 5.02 Å². The van der Waals surface area contributed by atoms with Crippen molar-refractivity contribution in [1.82, 2.24) is 34.9 Å². The summed E-state index contributed by atoms with van der Waals surface area (Å²) in [6.07, 6.45) is 6.22. The summed E-state index contributed by atoms with van der Waals surface area (Å²) in [4.78, 5) is 40.9. The highest BCUT2D eigenvalue weighted by Crippen LogP contribution is 2.34. The second-order valence-electron chi connectivity index (χ2n) is 15.3. The van der Waals surface area contributed by atoms with Crippen molar-refractivity contribution >= 4 is 63.3 Å². The minimum atomic E-state index is -0.224. The third-order valence-electron chi connectivity index (χ3n) is 11.7. The molecule has 2 aromatic heterocycles. The number of hydrogen-bond donors (Lipinski definition) is 3. The molecule has 2 saturated heterocycles. The van der Waals surface area contributed by atoms with Gasteiger partial charge in [0, 0.05) is 76.9 Å². The molecule has 13 heteroatoms. The topological polar surface area (TPSA) is 124 Å². The molecule has 0 spiro atoms. The van der Waals surface area contributed by atoms with Crippen LogP contribution in [0.5, 0.6) is 0 Å². The van der Waals surface area contributed by atoms with Crippen molar-refractivity contribution in [2.75, 3.05) is 41.7 Å². The molecular formula is C41H45ClN10O2. The van der Waals surface area contributed by atoms with E-state index >= 15 is 0 Å². The van der Waals surface area contributed by atoms with E-state index in [1.807, 2.05) is 32.2 Å². The molecule has 3 N–H and O–H groups in total. The van der Waals surface area contributed by atoms with Gasteiger partial charge in [0.15, 0.2) is 11.5 Å². The molecule has 0 bridgehead atoms. The molecule has 5 aromatic rings. The smallest absolute Gasteiger partial charge is 0.243 e. The van der Waals surface area contributed by atoms with Gasteiger partial charge in [-0.2, -0.15) is 10.1 Å². The van der Waals surface area contributed by atoms with Gasteiger partial charge >= 0.3 is 0 Å². The van der Waals surface area contributed by atoms with Crippen molar-refractivity contribution in [3.63, 3.8) is 0 Å². The van der Waals surface area contributed by atoms with Crippen LogP contribution in [0.1, 0.15) is 53.5 Å². The van der Waals surface area contributed by atoms with Crippen LogP contribution < -0.4 is 20.9 Å². The number of amides is 2. The molecule has 3 aromatic carbocycles. The highest BCUT2D eigenvalue weighted by molar-refractivity contribution is 6.33. The lowest BCUT2D eigenvalue weighted by molar-refractivity contribution is -0.137. The Balaban J connectivity index is 0.797. The van der Waals surface area contributed by atoms with Crippen LogP contribution in [0.4, 0.5) is 28.8 Å². The Bertz CT molecular complexity index is 2240. The maximum absolute atomic E-state index is 12.5. The molecule has 1 unspecified atom stereocenters. The van der Waals surface area contributed by atoms with Crippen molar-refractivity contribution in [2.24, 2.45) is 13.0 Å². The lowest BCUT2D eigenvalue weighted by Gasteiger charge is -2.37. The fourth-order valence-corrected chi connectivity index (χ4v) is 8.94. The van der Waals surface area contributed by atoms with Crippen LogP contribution in [0.3, 0.4) is 0 Å². The average molecular weight is 745 g/mol. The average Bonchev–Trinajstić information content (AvgIpc) is 3.73. The first kappa shape index (κ1) is 34.7. The number of piperidine rings is 2. The molecule has 0 saturated carbocycles. The normalized spacial score (nSPS) is 19.5. The zero-order valence-corrected chi connectivity index (χ0v) is 31.5. The summed E-state index contributed by atoms with van der Waals surface area (Å²) < 4.78 is 1.76. The predicted molar refractivity (Wildman–Crippen MR) is 211 cm³/mol. The number of fused-ring (bicyclic) bond motifs is 3. The van der Waals surface area contributed by atoms with Crippen molar-refractivity contribution in [3.8, 4) is 0 Å². The van der Waals surface area contributed by atoms with Gasteiger partial charge in [-0.25, -0.2) is 9.67 Å². The molecule has 0 radical (unpaired) electrons. The van der Waals surface area contributed by atoms with Gasteiger partial charge in [0.1, 0.15) is 0 Å². The van der Waals surface area contributed by atoms with Crippen LogP contribution in [0.25, 0.3) is 11.0 Å². The molecule has 54 heavy (non-hydrogen) atoms. The van der Waals surface area contributed by atoms with E-state index < -0.39 is 0 Å². The number of benzene rings is 3. The first-order valence-electron chi connectivity index (χ1n) is 19.0. The van der Waals surface area contributed by atoms with Crippen LogP contribution in [-0.4, -0.2) is 73.6 Å². The lowest BCUT2D eigenvalue weighted by Crippen LogP contribution is -2.50.